The van der Waals surface area contributed by atoms with Crippen LogP contribution in [0.25, 0.3) is 32.3 Å². The zero-order chi connectivity index (χ0) is 40.9. The molecule has 0 bridgehead atoms. The summed E-state index contributed by atoms with van der Waals surface area (Å²) in [5.41, 5.74) is 6.78. The van der Waals surface area contributed by atoms with E-state index in [2.05, 4.69) is 83.4 Å². The van der Waals surface area contributed by atoms with Crippen LogP contribution in [0.3, 0.4) is 0 Å². The Balaban J connectivity index is 1.43. The molecule has 4 nitrogen and oxygen atoms in total. The van der Waals surface area contributed by atoms with Gasteiger partial charge in [-0.25, -0.2) is 0 Å². The summed E-state index contributed by atoms with van der Waals surface area (Å²) < 4.78 is 87.4. The average Bonchev–Trinajstić information content (AvgIpc) is 3.18. The van der Waals surface area contributed by atoms with Gasteiger partial charge in [0, 0.05) is 33.5 Å². The van der Waals surface area contributed by atoms with Crippen molar-refractivity contribution in [1.82, 2.24) is 0 Å². The number of hydrogen-bond donors (Lipinski definition) is 0. The van der Waals surface area contributed by atoms with Crippen LogP contribution >= 0.6 is 0 Å². The summed E-state index contributed by atoms with van der Waals surface area (Å²) in [6, 6.07) is 44.0. The highest BCUT2D eigenvalue weighted by Gasteiger charge is 2.32. The molecule has 0 aliphatic heterocycles. The molecule has 0 saturated carbocycles. The number of rotatable bonds is 10. The molecule has 0 aliphatic carbocycles. The first-order valence-corrected chi connectivity index (χ1v) is 18.9. The van der Waals surface area contributed by atoms with Gasteiger partial charge in [0.25, 0.3) is 0 Å². The molecular weight excluding hydrogens is 751 g/mol. The number of anilines is 6. The van der Waals surface area contributed by atoms with Gasteiger partial charge in [-0.05, 0) is 129 Å². The van der Waals surface area contributed by atoms with Crippen molar-refractivity contribution in [3.8, 4) is 11.5 Å². The number of para-hydroxylation sites is 2. The second-order valence-corrected chi connectivity index (χ2v) is 14.8. The molecule has 0 atom stereocenters. The maximum atomic E-state index is 13.2. The Kier molecular flexibility index (Phi) is 9.83. The lowest BCUT2D eigenvalue weighted by atomic mass is 9.84. The highest BCUT2D eigenvalue weighted by atomic mass is 19.4. The Morgan fingerprint density at radius 2 is 0.707 bits per heavy atom. The summed E-state index contributed by atoms with van der Waals surface area (Å²) in [5, 5.41) is 6.06. The van der Waals surface area contributed by atoms with Crippen LogP contribution in [0.1, 0.15) is 50.7 Å². The highest BCUT2D eigenvalue weighted by Crippen LogP contribution is 2.51. The minimum atomic E-state index is -4.83. The minimum absolute atomic E-state index is 0.0887. The lowest BCUT2D eigenvalue weighted by Crippen LogP contribution is -2.17. The summed E-state index contributed by atoms with van der Waals surface area (Å²) in [4.78, 5) is 4.11. The molecule has 0 N–H and O–H groups in total. The van der Waals surface area contributed by atoms with Gasteiger partial charge in [-0.2, -0.15) is 0 Å². The molecule has 10 heteroatoms. The van der Waals surface area contributed by atoms with E-state index in [0.29, 0.717) is 11.4 Å². The molecule has 0 amide bonds. The van der Waals surface area contributed by atoms with Gasteiger partial charge in [0.2, 0.25) is 0 Å². The lowest BCUT2D eigenvalue weighted by Gasteiger charge is -2.31. The van der Waals surface area contributed by atoms with E-state index in [0.717, 1.165) is 66.2 Å². The van der Waals surface area contributed by atoms with Crippen LogP contribution in [-0.4, -0.2) is 12.7 Å². The molecule has 0 saturated heterocycles. The topological polar surface area (TPSA) is 24.9 Å². The highest BCUT2D eigenvalue weighted by molar-refractivity contribution is 6.29. The van der Waals surface area contributed by atoms with Gasteiger partial charge < -0.3 is 19.3 Å². The van der Waals surface area contributed by atoms with Gasteiger partial charge in [0.05, 0.1) is 11.4 Å². The van der Waals surface area contributed by atoms with Gasteiger partial charge in [-0.15, -0.1) is 26.3 Å². The molecular formula is C48H38F6N2O2. The molecule has 0 radical (unpaired) electrons. The van der Waals surface area contributed by atoms with Gasteiger partial charge in [-0.3, -0.25) is 0 Å². The summed E-state index contributed by atoms with van der Waals surface area (Å²) >= 11 is 0. The molecule has 0 aromatic heterocycles. The van der Waals surface area contributed by atoms with Crippen LogP contribution in [0.5, 0.6) is 11.5 Å². The fourth-order valence-electron chi connectivity index (χ4n) is 7.94. The van der Waals surface area contributed by atoms with Gasteiger partial charge in [0.15, 0.2) is 0 Å². The van der Waals surface area contributed by atoms with Crippen molar-refractivity contribution in [3.05, 3.63) is 157 Å². The monoisotopic (exact) mass is 788 g/mol. The molecule has 0 spiro atoms. The fraction of sp³-hybridized carbons (Fsp3) is 0.167. The van der Waals surface area contributed by atoms with E-state index in [1.54, 1.807) is 24.3 Å². The average molecular weight is 789 g/mol. The number of ether oxygens (including phenoxy) is 2. The Bertz CT molecular complexity index is 2510. The first kappa shape index (κ1) is 38.5. The Morgan fingerprint density at radius 1 is 0.397 bits per heavy atom. The van der Waals surface area contributed by atoms with Crippen molar-refractivity contribution in [2.75, 3.05) is 9.80 Å². The first-order valence-electron chi connectivity index (χ1n) is 18.9. The summed E-state index contributed by atoms with van der Waals surface area (Å²) in [5.74, 6) is -0.458. The van der Waals surface area contributed by atoms with Gasteiger partial charge in [0.1, 0.15) is 11.5 Å². The molecule has 8 aromatic rings. The van der Waals surface area contributed by atoms with Crippen molar-refractivity contribution < 1.29 is 35.8 Å². The smallest absolute Gasteiger partial charge is 0.406 e. The number of hydrogen-bond acceptors (Lipinski definition) is 4. The quantitative estimate of drug-likeness (QED) is 0.102. The lowest BCUT2D eigenvalue weighted by molar-refractivity contribution is -0.275. The zero-order valence-corrected chi connectivity index (χ0v) is 32.0. The Hall–Kier alpha value is -6.42. The second kappa shape index (κ2) is 14.8. The van der Waals surface area contributed by atoms with E-state index in [1.165, 1.54) is 24.3 Å². The van der Waals surface area contributed by atoms with Crippen molar-refractivity contribution >= 4 is 66.4 Å². The third kappa shape index (κ3) is 7.42. The molecule has 58 heavy (non-hydrogen) atoms. The normalized spacial score (nSPS) is 12.3. The molecule has 294 valence electrons. The van der Waals surface area contributed by atoms with Crippen LogP contribution in [0.4, 0.5) is 60.5 Å². The fourth-order valence-corrected chi connectivity index (χ4v) is 7.94. The summed E-state index contributed by atoms with van der Waals surface area (Å²) in [7, 11) is 0. The molecule has 0 unspecified atom stereocenters. The molecule has 0 heterocycles. The maximum Gasteiger partial charge on any atom is 0.573 e. The van der Waals surface area contributed by atoms with E-state index in [4.69, 9.17) is 0 Å². The second-order valence-electron chi connectivity index (χ2n) is 14.8. The molecule has 0 aliphatic rings. The standard InChI is InChI=1S/C48H38F6N2O2/c1-29(2)41-27-43(55(31-11-7-5-8-12-31)33-15-19-35(20-16-33)57-47(49,50)51)39-26-24-38-42(30(3)4)28-44(40-25-23-37(41)45(39)46(38)40)56(32-13-9-6-10-14-32)34-17-21-36(22-18-34)58-48(52,53)54/h5-30H,1-4H3. The van der Waals surface area contributed by atoms with Crippen LogP contribution in [-0.2, 0) is 0 Å². The summed E-state index contributed by atoms with van der Waals surface area (Å²) in [6.07, 6.45) is -9.65. The number of benzene rings is 8. The Morgan fingerprint density at radius 3 is 1.02 bits per heavy atom. The minimum Gasteiger partial charge on any atom is -0.406 e. The van der Waals surface area contributed by atoms with Gasteiger partial charge in [-0.1, -0.05) is 88.4 Å². The van der Waals surface area contributed by atoms with Crippen LogP contribution in [0, 0.1) is 0 Å². The third-order valence-corrected chi connectivity index (χ3v) is 10.3. The predicted molar refractivity (Wildman–Crippen MR) is 221 cm³/mol. The van der Waals surface area contributed by atoms with Crippen LogP contribution in [0.2, 0.25) is 0 Å². The molecule has 0 fully saturated rings. The summed E-state index contributed by atoms with van der Waals surface area (Å²) in [6.45, 7) is 8.56. The van der Waals surface area contributed by atoms with Gasteiger partial charge >= 0.3 is 12.7 Å². The van der Waals surface area contributed by atoms with Crippen LogP contribution < -0.4 is 19.3 Å². The van der Waals surface area contributed by atoms with E-state index < -0.39 is 12.7 Å². The van der Waals surface area contributed by atoms with Crippen LogP contribution in [0.15, 0.2) is 146 Å². The third-order valence-electron chi connectivity index (χ3n) is 10.3. The van der Waals surface area contributed by atoms with Crippen molar-refractivity contribution in [3.63, 3.8) is 0 Å². The zero-order valence-electron chi connectivity index (χ0n) is 32.0. The Labute approximate surface area is 331 Å². The van der Waals surface area contributed by atoms with Crippen molar-refractivity contribution in [2.24, 2.45) is 0 Å². The van der Waals surface area contributed by atoms with Crippen molar-refractivity contribution in [2.45, 2.75) is 52.3 Å². The SMILES string of the molecule is CC(C)c1cc(N(c2ccccc2)c2ccc(OC(F)(F)F)cc2)c2ccc3c(C(C)C)cc(N(c4ccccc4)c4ccc(OC(F)(F)F)cc4)c4ccc1c2c34. The van der Waals surface area contributed by atoms with E-state index in [9.17, 15) is 26.3 Å². The number of nitrogens with zero attached hydrogens (tertiary/aromatic N) is 2. The molecule has 8 rings (SSSR count). The largest absolute Gasteiger partial charge is 0.573 e. The maximum absolute atomic E-state index is 13.2. The first-order chi connectivity index (χ1) is 27.7. The molecule has 8 aromatic carbocycles. The number of alkyl halides is 6. The number of halogens is 6. The van der Waals surface area contributed by atoms with Crippen molar-refractivity contribution in [1.29, 1.82) is 0 Å². The van der Waals surface area contributed by atoms with E-state index >= 15 is 0 Å². The van der Waals surface area contributed by atoms with E-state index in [-0.39, 0.29) is 23.3 Å². The van der Waals surface area contributed by atoms with E-state index in [1.807, 2.05) is 60.7 Å². The predicted octanol–water partition coefficient (Wildman–Crippen LogP) is 15.6.